The maximum atomic E-state index is 8.96. The number of nitrogens with one attached hydrogen (secondary N) is 2. The van der Waals surface area contributed by atoms with Gasteiger partial charge >= 0.3 is 0 Å². The van der Waals surface area contributed by atoms with Crippen LogP contribution in [-0.2, 0) is 4.74 Å². The molecule has 1 heterocycles. The van der Waals surface area contributed by atoms with Gasteiger partial charge in [0, 0.05) is 26.8 Å². The van der Waals surface area contributed by atoms with E-state index in [1.165, 1.54) is 0 Å². The van der Waals surface area contributed by atoms with Crippen LogP contribution in [0.3, 0.4) is 0 Å². The Hall–Kier alpha value is -1.40. The van der Waals surface area contributed by atoms with E-state index >= 15 is 0 Å². The Morgan fingerprint density at radius 1 is 1.41 bits per heavy atom. The zero-order valence-corrected chi connectivity index (χ0v) is 10.5. The van der Waals surface area contributed by atoms with Crippen LogP contribution >= 0.6 is 0 Å². The monoisotopic (exact) mass is 240 g/mol. The smallest absolute Gasteiger partial charge is 0.132 e. The molecule has 0 fully saturated rings. The van der Waals surface area contributed by atoms with Crippen LogP contribution in [0.25, 0.3) is 0 Å². The molecule has 3 N–H and O–H groups in total. The van der Waals surface area contributed by atoms with E-state index in [1.54, 1.807) is 7.11 Å². The second kappa shape index (κ2) is 7.03. The van der Waals surface area contributed by atoms with Gasteiger partial charge in [-0.1, -0.05) is 0 Å². The third-order valence-electron chi connectivity index (χ3n) is 2.29. The number of aryl methyl sites for hydroxylation is 1. The lowest BCUT2D eigenvalue weighted by atomic mass is 10.2. The summed E-state index contributed by atoms with van der Waals surface area (Å²) in [6.07, 6.45) is 0.617. The van der Waals surface area contributed by atoms with Crippen molar-refractivity contribution in [1.29, 1.82) is 0 Å². The normalized spacial score (nSPS) is 12.2. The number of aliphatic hydroxyl groups is 1. The van der Waals surface area contributed by atoms with Crippen LogP contribution in [0.1, 0.15) is 12.2 Å². The van der Waals surface area contributed by atoms with Crippen LogP contribution < -0.4 is 10.6 Å². The number of hydrogen-bond donors (Lipinski definition) is 3. The predicted molar refractivity (Wildman–Crippen MR) is 67.3 cm³/mol. The first kappa shape index (κ1) is 13.7. The Morgan fingerprint density at radius 2 is 2.12 bits per heavy atom. The number of hydrogen-bond acceptors (Lipinski definition) is 6. The van der Waals surface area contributed by atoms with E-state index in [0.29, 0.717) is 18.9 Å². The summed E-state index contributed by atoms with van der Waals surface area (Å²) in [5.41, 5.74) is 0. The number of ether oxygens (including phenoxy) is 1. The summed E-state index contributed by atoms with van der Waals surface area (Å²) < 4.78 is 5.08. The minimum Gasteiger partial charge on any atom is -0.396 e. The van der Waals surface area contributed by atoms with Gasteiger partial charge in [0.25, 0.3) is 0 Å². The fourth-order valence-electron chi connectivity index (χ4n) is 1.53. The molecular formula is C11H20N4O2. The molecule has 0 aromatic carbocycles. The molecule has 0 aliphatic heterocycles. The van der Waals surface area contributed by atoms with Crippen molar-refractivity contribution >= 4 is 11.6 Å². The van der Waals surface area contributed by atoms with Crippen molar-refractivity contribution in [3.63, 3.8) is 0 Å². The molecule has 0 aliphatic rings. The zero-order chi connectivity index (χ0) is 12.7. The molecule has 17 heavy (non-hydrogen) atoms. The highest BCUT2D eigenvalue weighted by Gasteiger charge is 2.09. The highest BCUT2D eigenvalue weighted by molar-refractivity contribution is 5.47. The highest BCUT2D eigenvalue weighted by atomic mass is 16.5. The molecule has 0 amide bonds. The molecule has 1 rings (SSSR count). The first-order valence-corrected chi connectivity index (χ1v) is 5.59. The fraction of sp³-hybridized carbons (Fsp3) is 0.636. The Balaban J connectivity index is 2.73. The average molecular weight is 240 g/mol. The van der Waals surface area contributed by atoms with Gasteiger partial charge in [0.05, 0.1) is 12.6 Å². The average Bonchev–Trinajstić information content (AvgIpc) is 2.29. The van der Waals surface area contributed by atoms with Gasteiger partial charge in [-0.05, 0) is 13.3 Å². The van der Waals surface area contributed by atoms with E-state index in [2.05, 4.69) is 20.6 Å². The van der Waals surface area contributed by atoms with E-state index < -0.39 is 0 Å². The maximum absolute atomic E-state index is 8.96. The van der Waals surface area contributed by atoms with Gasteiger partial charge in [-0.2, -0.15) is 0 Å². The van der Waals surface area contributed by atoms with E-state index in [1.807, 2.05) is 20.0 Å². The lowest BCUT2D eigenvalue weighted by molar-refractivity contribution is 0.170. The van der Waals surface area contributed by atoms with Gasteiger partial charge in [-0.3, -0.25) is 0 Å². The largest absolute Gasteiger partial charge is 0.396 e. The quantitative estimate of drug-likeness (QED) is 0.649. The first-order chi connectivity index (χ1) is 8.19. The lowest BCUT2D eigenvalue weighted by Gasteiger charge is -2.18. The second-order valence-corrected chi connectivity index (χ2v) is 3.74. The van der Waals surface area contributed by atoms with Crippen LogP contribution in [0.5, 0.6) is 0 Å². The molecule has 6 nitrogen and oxygen atoms in total. The molecule has 0 radical (unpaired) electrons. The summed E-state index contributed by atoms with van der Waals surface area (Å²) in [6, 6.07) is 1.87. The fourth-order valence-corrected chi connectivity index (χ4v) is 1.53. The van der Waals surface area contributed by atoms with Crippen LogP contribution in [0, 0.1) is 6.92 Å². The Morgan fingerprint density at radius 3 is 2.71 bits per heavy atom. The van der Waals surface area contributed by atoms with Crippen molar-refractivity contribution in [2.45, 2.75) is 19.4 Å². The van der Waals surface area contributed by atoms with Crippen molar-refractivity contribution in [2.24, 2.45) is 0 Å². The molecule has 1 aromatic heterocycles. The minimum absolute atomic E-state index is 0.0454. The van der Waals surface area contributed by atoms with Gasteiger partial charge in [0.1, 0.15) is 17.5 Å². The minimum atomic E-state index is 0.0454. The number of rotatable bonds is 7. The Kier molecular flexibility index (Phi) is 5.65. The van der Waals surface area contributed by atoms with Crippen molar-refractivity contribution in [3.05, 3.63) is 11.9 Å². The summed E-state index contributed by atoms with van der Waals surface area (Å²) in [6.45, 7) is 2.48. The summed E-state index contributed by atoms with van der Waals surface area (Å²) in [5.74, 6) is 2.19. The van der Waals surface area contributed by atoms with Crippen molar-refractivity contribution in [2.75, 3.05) is 38.0 Å². The maximum Gasteiger partial charge on any atom is 0.132 e. The van der Waals surface area contributed by atoms with Crippen LogP contribution in [0.4, 0.5) is 11.6 Å². The number of aromatic nitrogens is 2. The van der Waals surface area contributed by atoms with Gasteiger partial charge < -0.3 is 20.5 Å². The Bertz CT molecular complexity index is 340. The van der Waals surface area contributed by atoms with Gasteiger partial charge in [-0.25, -0.2) is 9.97 Å². The van der Waals surface area contributed by atoms with Crippen molar-refractivity contribution in [1.82, 2.24) is 9.97 Å². The molecule has 0 saturated carbocycles. The number of anilines is 2. The molecule has 1 unspecified atom stereocenters. The first-order valence-electron chi connectivity index (χ1n) is 5.59. The van der Waals surface area contributed by atoms with Gasteiger partial charge in [0.15, 0.2) is 0 Å². The van der Waals surface area contributed by atoms with Crippen LogP contribution in [-0.4, -0.2) is 48.5 Å². The topological polar surface area (TPSA) is 79.3 Å². The second-order valence-electron chi connectivity index (χ2n) is 3.74. The molecule has 0 spiro atoms. The number of nitrogens with zero attached hydrogens (tertiary/aromatic N) is 2. The van der Waals surface area contributed by atoms with E-state index in [4.69, 9.17) is 9.84 Å². The SMILES string of the molecule is CNc1cc(NC(CCO)COC)nc(C)n1. The van der Waals surface area contributed by atoms with Gasteiger partial charge in [0.2, 0.25) is 0 Å². The molecule has 0 aliphatic carbocycles. The van der Waals surface area contributed by atoms with Crippen molar-refractivity contribution < 1.29 is 9.84 Å². The molecule has 1 aromatic rings. The molecular weight excluding hydrogens is 220 g/mol. The summed E-state index contributed by atoms with van der Waals surface area (Å²) >= 11 is 0. The van der Waals surface area contributed by atoms with Crippen LogP contribution in [0.2, 0.25) is 0 Å². The molecule has 1 atom stereocenters. The highest BCUT2D eigenvalue weighted by Crippen LogP contribution is 2.12. The molecule has 0 bridgehead atoms. The number of aliphatic hydroxyl groups excluding tert-OH is 1. The predicted octanol–water partition coefficient (Wildman–Crippen LogP) is 0.636. The Labute approximate surface area is 101 Å². The van der Waals surface area contributed by atoms with E-state index in [0.717, 1.165) is 11.6 Å². The molecule has 6 heteroatoms. The standard InChI is InChI=1S/C11H20N4O2/c1-8-13-10(12-2)6-11(14-8)15-9(4-5-16)7-17-3/h6,9,16H,4-5,7H2,1-3H3,(H2,12,13,14,15). The molecule has 96 valence electrons. The van der Waals surface area contributed by atoms with Gasteiger partial charge in [-0.15, -0.1) is 0 Å². The zero-order valence-electron chi connectivity index (χ0n) is 10.5. The third-order valence-corrected chi connectivity index (χ3v) is 2.29. The number of methoxy groups -OCH3 is 1. The molecule has 0 saturated heterocycles. The van der Waals surface area contributed by atoms with Crippen LogP contribution in [0.15, 0.2) is 6.07 Å². The summed E-state index contributed by atoms with van der Waals surface area (Å²) in [5, 5.41) is 15.1. The summed E-state index contributed by atoms with van der Waals surface area (Å²) in [7, 11) is 3.45. The summed E-state index contributed by atoms with van der Waals surface area (Å²) in [4.78, 5) is 8.50. The van der Waals surface area contributed by atoms with E-state index in [-0.39, 0.29) is 12.6 Å². The van der Waals surface area contributed by atoms with Crippen molar-refractivity contribution in [3.8, 4) is 0 Å². The van der Waals surface area contributed by atoms with E-state index in [9.17, 15) is 0 Å². The third kappa shape index (κ3) is 4.54. The lowest BCUT2D eigenvalue weighted by Crippen LogP contribution is -2.26.